The smallest absolute Gasteiger partial charge is 0.187 e. The summed E-state index contributed by atoms with van der Waals surface area (Å²) in [6.07, 6.45) is 5.91. The van der Waals surface area contributed by atoms with Crippen molar-refractivity contribution in [3.8, 4) is 0 Å². The Labute approximate surface area is 189 Å². The molecule has 0 saturated heterocycles. The number of rotatable bonds is 8. The standard InChI is InChI=1S/C26H28ClN3O/c1-17(2)14-24(31)21-9-5-6-10-23(21)29-26-22(27)16-28-25(30-26)11-7-8-20-15-18(3)12-13-19(20)4/h5-6,9-10,12-16H,7-8,11H2,1-4H3,(H,28,29,30). The Hall–Kier alpha value is -2.98. The fourth-order valence-electron chi connectivity index (χ4n) is 3.39. The van der Waals surface area contributed by atoms with Crippen LogP contribution in [-0.2, 0) is 12.8 Å². The molecule has 0 fully saturated rings. The van der Waals surface area contributed by atoms with Gasteiger partial charge in [-0.15, -0.1) is 0 Å². The first-order valence-corrected chi connectivity index (χ1v) is 10.8. The summed E-state index contributed by atoms with van der Waals surface area (Å²) in [5.41, 5.74) is 6.14. The van der Waals surface area contributed by atoms with Gasteiger partial charge in [-0.3, -0.25) is 4.79 Å². The number of aromatic nitrogens is 2. The monoisotopic (exact) mass is 433 g/mol. The molecule has 1 aromatic heterocycles. The fourth-order valence-corrected chi connectivity index (χ4v) is 3.53. The third-order valence-electron chi connectivity index (χ3n) is 5.01. The summed E-state index contributed by atoms with van der Waals surface area (Å²) in [5, 5.41) is 3.65. The lowest BCUT2D eigenvalue weighted by atomic mass is 10.0. The minimum absolute atomic E-state index is 0.0537. The Morgan fingerprint density at radius 2 is 1.87 bits per heavy atom. The molecule has 160 valence electrons. The van der Waals surface area contributed by atoms with E-state index in [0.29, 0.717) is 22.1 Å². The van der Waals surface area contributed by atoms with E-state index in [1.165, 1.54) is 16.7 Å². The fraction of sp³-hybridized carbons (Fsp3) is 0.269. The summed E-state index contributed by atoms with van der Waals surface area (Å²) < 4.78 is 0. The lowest BCUT2D eigenvalue weighted by Gasteiger charge is -2.12. The molecule has 2 aromatic carbocycles. The van der Waals surface area contributed by atoms with Crippen molar-refractivity contribution in [1.82, 2.24) is 9.97 Å². The molecule has 0 radical (unpaired) electrons. The molecule has 31 heavy (non-hydrogen) atoms. The molecule has 0 aliphatic heterocycles. The van der Waals surface area contributed by atoms with E-state index >= 15 is 0 Å². The summed E-state index contributed by atoms with van der Waals surface area (Å²) >= 11 is 6.35. The highest BCUT2D eigenvalue weighted by atomic mass is 35.5. The van der Waals surface area contributed by atoms with Crippen LogP contribution in [0.25, 0.3) is 0 Å². The van der Waals surface area contributed by atoms with Gasteiger partial charge >= 0.3 is 0 Å². The zero-order chi connectivity index (χ0) is 22.4. The van der Waals surface area contributed by atoms with Gasteiger partial charge in [0.25, 0.3) is 0 Å². The van der Waals surface area contributed by atoms with Gasteiger partial charge in [0.05, 0.1) is 11.9 Å². The van der Waals surface area contributed by atoms with E-state index in [1.807, 2.05) is 32.0 Å². The average Bonchev–Trinajstić information content (AvgIpc) is 2.72. The van der Waals surface area contributed by atoms with Crippen LogP contribution in [-0.4, -0.2) is 15.8 Å². The summed E-state index contributed by atoms with van der Waals surface area (Å²) in [7, 11) is 0. The first kappa shape index (κ1) is 22.7. The van der Waals surface area contributed by atoms with Gasteiger partial charge in [-0.2, -0.15) is 0 Å². The number of allylic oxidation sites excluding steroid dienone is 2. The number of hydrogen-bond donors (Lipinski definition) is 1. The highest BCUT2D eigenvalue weighted by Gasteiger charge is 2.12. The lowest BCUT2D eigenvalue weighted by Crippen LogP contribution is -2.05. The van der Waals surface area contributed by atoms with Crippen molar-refractivity contribution >= 4 is 28.9 Å². The number of nitrogens with zero attached hydrogens (tertiary/aromatic N) is 2. The van der Waals surface area contributed by atoms with E-state index in [0.717, 1.165) is 30.7 Å². The van der Waals surface area contributed by atoms with E-state index in [1.54, 1.807) is 18.3 Å². The van der Waals surface area contributed by atoms with Crippen LogP contribution in [0.15, 0.2) is 60.3 Å². The molecule has 0 bridgehead atoms. The third kappa shape index (κ3) is 6.25. The molecule has 0 atom stereocenters. The largest absolute Gasteiger partial charge is 0.338 e. The van der Waals surface area contributed by atoms with Gasteiger partial charge in [-0.05, 0) is 69.9 Å². The van der Waals surface area contributed by atoms with Crippen LogP contribution in [0.1, 0.15) is 53.1 Å². The number of aryl methyl sites for hydroxylation is 4. The maximum Gasteiger partial charge on any atom is 0.187 e. The Morgan fingerprint density at radius 1 is 1.10 bits per heavy atom. The number of ketones is 1. The number of carbonyl (C=O) groups is 1. The lowest BCUT2D eigenvalue weighted by molar-refractivity contribution is 0.104. The second-order valence-electron chi connectivity index (χ2n) is 8.02. The molecule has 4 nitrogen and oxygen atoms in total. The maximum atomic E-state index is 12.6. The molecule has 3 aromatic rings. The molecular weight excluding hydrogens is 406 g/mol. The van der Waals surface area contributed by atoms with Crippen molar-refractivity contribution in [3.05, 3.63) is 93.4 Å². The molecule has 0 aliphatic carbocycles. The van der Waals surface area contributed by atoms with Gasteiger partial charge in [0.15, 0.2) is 11.6 Å². The Morgan fingerprint density at radius 3 is 2.65 bits per heavy atom. The summed E-state index contributed by atoms with van der Waals surface area (Å²) in [6.45, 7) is 8.06. The molecule has 1 N–H and O–H groups in total. The van der Waals surface area contributed by atoms with Gasteiger partial charge in [0.2, 0.25) is 0 Å². The second-order valence-corrected chi connectivity index (χ2v) is 8.43. The van der Waals surface area contributed by atoms with Crippen molar-refractivity contribution < 1.29 is 4.79 Å². The topological polar surface area (TPSA) is 54.9 Å². The number of hydrogen-bond acceptors (Lipinski definition) is 4. The van der Waals surface area contributed by atoms with Crippen LogP contribution >= 0.6 is 11.6 Å². The van der Waals surface area contributed by atoms with Crippen LogP contribution in [0.4, 0.5) is 11.5 Å². The van der Waals surface area contributed by atoms with Crippen LogP contribution in [0, 0.1) is 13.8 Å². The van der Waals surface area contributed by atoms with Gasteiger partial charge < -0.3 is 5.32 Å². The van der Waals surface area contributed by atoms with Gasteiger partial charge in [0.1, 0.15) is 10.8 Å². The highest BCUT2D eigenvalue weighted by Crippen LogP contribution is 2.26. The highest BCUT2D eigenvalue weighted by molar-refractivity contribution is 6.32. The van der Waals surface area contributed by atoms with Crippen molar-refractivity contribution in [3.63, 3.8) is 0 Å². The van der Waals surface area contributed by atoms with Crippen molar-refractivity contribution in [2.75, 3.05) is 5.32 Å². The quantitative estimate of drug-likeness (QED) is 0.313. The molecule has 5 heteroatoms. The summed E-state index contributed by atoms with van der Waals surface area (Å²) in [5.74, 6) is 1.18. The molecule has 0 spiro atoms. The summed E-state index contributed by atoms with van der Waals surface area (Å²) in [4.78, 5) is 21.6. The number of anilines is 2. The number of nitrogens with one attached hydrogen (secondary N) is 1. The molecule has 0 saturated carbocycles. The third-order valence-corrected chi connectivity index (χ3v) is 5.29. The van der Waals surface area contributed by atoms with Crippen molar-refractivity contribution in [1.29, 1.82) is 0 Å². The first-order valence-electron chi connectivity index (χ1n) is 10.5. The van der Waals surface area contributed by atoms with Crippen LogP contribution in [0.5, 0.6) is 0 Å². The average molecular weight is 434 g/mol. The van der Waals surface area contributed by atoms with Crippen LogP contribution in [0.2, 0.25) is 5.02 Å². The molecule has 3 rings (SSSR count). The normalized spacial score (nSPS) is 10.6. The predicted molar refractivity (Wildman–Crippen MR) is 128 cm³/mol. The van der Waals surface area contributed by atoms with E-state index in [2.05, 4.69) is 47.3 Å². The van der Waals surface area contributed by atoms with E-state index < -0.39 is 0 Å². The van der Waals surface area contributed by atoms with E-state index in [-0.39, 0.29) is 5.78 Å². The minimum atomic E-state index is -0.0537. The Kier molecular flexibility index (Phi) is 7.59. The number of para-hydroxylation sites is 1. The SMILES string of the molecule is CC(C)=CC(=O)c1ccccc1Nc1nc(CCCc2cc(C)ccc2C)ncc1Cl. The van der Waals surface area contributed by atoms with E-state index in [4.69, 9.17) is 11.6 Å². The van der Waals surface area contributed by atoms with Crippen molar-refractivity contribution in [2.24, 2.45) is 0 Å². The van der Waals surface area contributed by atoms with Crippen molar-refractivity contribution in [2.45, 2.75) is 47.0 Å². The minimum Gasteiger partial charge on any atom is -0.338 e. The molecular formula is C26H28ClN3O. The maximum absolute atomic E-state index is 12.6. The van der Waals surface area contributed by atoms with Gasteiger partial charge in [-0.25, -0.2) is 9.97 Å². The zero-order valence-electron chi connectivity index (χ0n) is 18.5. The van der Waals surface area contributed by atoms with Crippen LogP contribution in [0.3, 0.4) is 0 Å². The Balaban J connectivity index is 1.74. The molecule has 0 unspecified atom stereocenters. The van der Waals surface area contributed by atoms with E-state index in [9.17, 15) is 4.79 Å². The first-order chi connectivity index (χ1) is 14.8. The molecule has 0 aliphatic rings. The second kappa shape index (κ2) is 10.4. The number of carbonyl (C=O) groups excluding carboxylic acids is 1. The summed E-state index contributed by atoms with van der Waals surface area (Å²) in [6, 6.07) is 13.9. The predicted octanol–water partition coefficient (Wildman–Crippen LogP) is 6.81. The van der Waals surface area contributed by atoms with Crippen LogP contribution < -0.4 is 5.32 Å². The Bertz CT molecular complexity index is 1120. The zero-order valence-corrected chi connectivity index (χ0v) is 19.3. The van der Waals surface area contributed by atoms with Gasteiger partial charge in [0, 0.05) is 12.0 Å². The number of benzene rings is 2. The molecule has 1 heterocycles. The molecule has 0 amide bonds. The van der Waals surface area contributed by atoms with Gasteiger partial charge in [-0.1, -0.05) is 53.1 Å². The number of halogens is 1.